The molecular weight excluding hydrogens is 316 g/mol. The first kappa shape index (κ1) is 5.75. The molecule has 1 N–H and O–H groups in total. The Morgan fingerprint density at radius 3 is 2.27 bits per heavy atom. The Morgan fingerprint density at radius 2 is 1.35 bits per heavy atom. The SMILES string of the molecule is [2H]c1cc2c(c([2H])c1[2H])c1c([2H])c([2H])c([2H])c([2H])c1n2-c1c([2H])c([2H])c2c(c1[2H])c1c([2H])c([2H])c([2H])c([2H])c1n2[2H]. The summed E-state index contributed by atoms with van der Waals surface area (Å²) in [6.45, 7) is 0. The highest BCUT2D eigenvalue weighted by molar-refractivity contribution is 6.11. The third-order valence-electron chi connectivity index (χ3n) is 4.25. The molecule has 2 heteroatoms. The van der Waals surface area contributed by atoms with Gasteiger partial charge in [-0.05, 0) is 36.3 Å². The summed E-state index contributed by atoms with van der Waals surface area (Å²) in [4.78, 5) is 0.582. The Bertz CT molecular complexity index is 2210. The zero-order chi connectivity index (χ0) is 30.1. The Balaban J connectivity index is 1.98. The maximum atomic E-state index is 9.16. The maximum Gasteiger partial charge on any atom is 0.167 e. The number of nitrogens with one attached hydrogen (secondary N) is 1. The number of benzene rings is 4. The topological polar surface area (TPSA) is 20.7 Å². The zero-order valence-electron chi connectivity index (χ0n) is 28.0. The fourth-order valence-corrected chi connectivity index (χ4v) is 3.16. The largest absolute Gasteiger partial charge is 0.355 e. The van der Waals surface area contributed by atoms with Crippen molar-refractivity contribution >= 4 is 43.6 Å². The van der Waals surface area contributed by atoms with Crippen molar-refractivity contribution in [1.29, 1.82) is 0 Å². The van der Waals surface area contributed by atoms with Gasteiger partial charge in [0.25, 0.3) is 0 Å². The molecule has 2 heterocycles. The fourth-order valence-electron chi connectivity index (χ4n) is 3.16. The number of fused-ring (bicyclic) bond motifs is 6. The second kappa shape index (κ2) is 4.99. The molecule has 26 heavy (non-hydrogen) atoms. The highest BCUT2D eigenvalue weighted by atomic mass is 15.0. The van der Waals surface area contributed by atoms with Crippen molar-refractivity contribution in [2.75, 3.05) is 0 Å². The van der Waals surface area contributed by atoms with Crippen molar-refractivity contribution in [2.45, 2.75) is 0 Å². The molecule has 4 aromatic carbocycles. The summed E-state index contributed by atoms with van der Waals surface area (Å²) < 4.78 is 128. The number of H-pyrrole nitrogens is 1. The van der Waals surface area contributed by atoms with E-state index in [0.29, 0.717) is 4.98 Å². The molecule has 0 aliphatic rings. The van der Waals surface area contributed by atoms with E-state index in [9.17, 15) is 0 Å². The molecule has 2 aromatic heterocycles. The Kier molecular flexibility index (Phi) is 1.10. The molecule has 0 spiro atoms. The predicted molar refractivity (Wildman–Crippen MR) is 110 cm³/mol. The van der Waals surface area contributed by atoms with Gasteiger partial charge in [0, 0.05) is 38.3 Å². The average molecular weight is 347 g/mol. The summed E-state index contributed by atoms with van der Waals surface area (Å²) in [6.07, 6.45) is 0. The van der Waals surface area contributed by atoms with E-state index in [-0.39, 0.29) is 43.6 Å². The third kappa shape index (κ3) is 1.76. The Labute approximate surface area is 171 Å². The molecule has 0 fully saturated rings. The lowest BCUT2D eigenvalue weighted by molar-refractivity contribution is 1.19. The molecule has 122 valence electrons. The van der Waals surface area contributed by atoms with Crippen molar-refractivity contribution in [2.24, 2.45) is 0 Å². The molecule has 0 aliphatic heterocycles. The van der Waals surface area contributed by atoms with Crippen LogP contribution in [0.2, 0.25) is 1.41 Å². The van der Waals surface area contributed by atoms with Crippen LogP contribution in [0.3, 0.4) is 0 Å². The number of aromatic nitrogens is 2. The number of nitrogens with zero attached hydrogens (tertiary/aromatic N) is 1. The van der Waals surface area contributed by atoms with Crippen LogP contribution in [-0.2, 0) is 0 Å². The maximum absolute atomic E-state index is 9.16. The lowest BCUT2D eigenvalue weighted by Gasteiger charge is -2.08. The van der Waals surface area contributed by atoms with Crippen LogP contribution in [0.1, 0.15) is 19.2 Å². The summed E-state index contributed by atoms with van der Waals surface area (Å²) in [5.74, 6) is 0. The normalized spacial score (nSPS) is 19.9. The van der Waals surface area contributed by atoms with E-state index in [4.69, 9.17) is 20.6 Å². The molecular formula is C24H16N2. The minimum atomic E-state index is -0.659. The van der Waals surface area contributed by atoms with Gasteiger partial charge in [-0.25, -0.2) is 0 Å². The smallest absolute Gasteiger partial charge is 0.167 e. The molecule has 0 atom stereocenters. The van der Waals surface area contributed by atoms with E-state index in [1.54, 1.807) is 0 Å². The van der Waals surface area contributed by atoms with Gasteiger partial charge in [-0.15, -0.1) is 0 Å². The van der Waals surface area contributed by atoms with Gasteiger partial charge >= 0.3 is 0 Å². The number of rotatable bonds is 1. The average Bonchev–Trinajstić information content (AvgIpc) is 3.43. The first-order chi connectivity index (χ1) is 19.1. The van der Waals surface area contributed by atoms with E-state index >= 15 is 0 Å². The lowest BCUT2D eigenvalue weighted by Crippen LogP contribution is -1.93. The fraction of sp³-hybridized carbons (Fsp3) is 0. The second-order valence-electron chi connectivity index (χ2n) is 5.64. The zero-order valence-corrected chi connectivity index (χ0v) is 13.0. The van der Waals surface area contributed by atoms with Gasteiger partial charge in [0.2, 0.25) is 0 Å². The molecule has 0 saturated carbocycles. The van der Waals surface area contributed by atoms with Gasteiger partial charge < -0.3 is 9.54 Å². The highest BCUT2D eigenvalue weighted by Gasteiger charge is 2.12. The van der Waals surface area contributed by atoms with E-state index in [2.05, 4.69) is 0 Å². The molecule has 2 nitrogen and oxygen atoms in total. The molecule has 0 unspecified atom stereocenters. The predicted octanol–water partition coefficient (Wildman–Crippen LogP) is 6.42. The molecule has 0 aliphatic carbocycles. The standard InChI is InChI=1S/C24H16N2/c1-4-10-21-17(7-1)20-15-16(13-14-22(20)25-21)26-23-11-5-2-8-18(23)19-9-3-6-12-24(19)26/h1-15,25H/i1D,2D,3D,4D,5D,6D,7D,8D,9D,10D,11D,13D,14D,15D/hD. The van der Waals surface area contributed by atoms with Gasteiger partial charge in [0.15, 0.2) is 1.41 Å². The van der Waals surface area contributed by atoms with Crippen LogP contribution < -0.4 is 0 Å². The minimum Gasteiger partial charge on any atom is -0.355 e. The lowest BCUT2D eigenvalue weighted by atomic mass is 10.1. The van der Waals surface area contributed by atoms with Crippen molar-refractivity contribution in [3.8, 4) is 5.69 Å². The summed E-state index contributed by atoms with van der Waals surface area (Å²) in [5, 5.41) is -0.787. The second-order valence-corrected chi connectivity index (χ2v) is 5.64. The van der Waals surface area contributed by atoms with Crippen molar-refractivity contribution in [1.82, 2.24) is 9.54 Å². The number of hydrogen-bond donors (Lipinski definition) is 1. The van der Waals surface area contributed by atoms with Crippen LogP contribution in [-0.4, -0.2) is 9.54 Å². The number of hydrogen-bond acceptors (Lipinski definition) is 0. The van der Waals surface area contributed by atoms with Crippen LogP contribution in [0, 0.1) is 0 Å². The molecule has 0 radical (unpaired) electrons. The van der Waals surface area contributed by atoms with Gasteiger partial charge in [-0.2, -0.15) is 0 Å². The van der Waals surface area contributed by atoms with Crippen LogP contribution in [0.5, 0.6) is 0 Å². The molecule has 6 rings (SSSR count). The molecule has 6 aromatic rings. The molecule has 0 bridgehead atoms. The van der Waals surface area contributed by atoms with E-state index in [1.165, 1.54) is 0 Å². The van der Waals surface area contributed by atoms with Crippen LogP contribution in [0.4, 0.5) is 0 Å². The monoisotopic (exact) mass is 347 g/mol. The molecule has 0 amide bonds. The molecule has 0 saturated heterocycles. The Hall–Kier alpha value is -3.52. The number of para-hydroxylation sites is 3. The summed E-state index contributed by atoms with van der Waals surface area (Å²) in [7, 11) is 0. The number of aromatic amines is 1. The third-order valence-corrected chi connectivity index (χ3v) is 4.25. The van der Waals surface area contributed by atoms with Crippen LogP contribution in [0.25, 0.3) is 49.3 Å². The first-order valence-electron chi connectivity index (χ1n) is 15.1. The van der Waals surface area contributed by atoms with Gasteiger partial charge in [0.1, 0.15) is 0 Å². The summed E-state index contributed by atoms with van der Waals surface area (Å²) in [6, 6.07) is -6.99. The Morgan fingerprint density at radius 1 is 0.654 bits per heavy atom. The first-order valence-corrected chi connectivity index (χ1v) is 7.70. The van der Waals surface area contributed by atoms with Gasteiger partial charge in [-0.1, -0.05) is 54.4 Å². The van der Waals surface area contributed by atoms with E-state index in [1.807, 2.05) is 0 Å². The van der Waals surface area contributed by atoms with Crippen molar-refractivity contribution in [3.63, 3.8) is 0 Å². The van der Waals surface area contributed by atoms with Crippen LogP contribution >= 0.6 is 0 Å². The van der Waals surface area contributed by atoms with Crippen LogP contribution in [0.15, 0.2) is 90.7 Å². The van der Waals surface area contributed by atoms with Crippen molar-refractivity contribution < 1.29 is 20.6 Å². The summed E-state index contributed by atoms with van der Waals surface area (Å²) >= 11 is 0. The quantitative estimate of drug-likeness (QED) is 0.354. The summed E-state index contributed by atoms with van der Waals surface area (Å²) in [5.41, 5.74) is -1.40. The van der Waals surface area contributed by atoms with E-state index < -0.39 is 90.3 Å². The van der Waals surface area contributed by atoms with E-state index in [0.717, 1.165) is 10.6 Å². The van der Waals surface area contributed by atoms with Gasteiger partial charge in [-0.3, -0.25) is 0 Å². The van der Waals surface area contributed by atoms with Gasteiger partial charge in [0.05, 0.1) is 30.2 Å². The minimum absolute atomic E-state index is 0.0877. The highest BCUT2D eigenvalue weighted by Crippen LogP contribution is 2.34. The van der Waals surface area contributed by atoms with Crippen molar-refractivity contribution in [3.05, 3.63) is 90.7 Å².